The fourth-order valence-corrected chi connectivity index (χ4v) is 1.95. The molecule has 1 aromatic rings. The molecule has 1 N–H and O–H groups in total. The zero-order valence-corrected chi connectivity index (χ0v) is 10.1. The first-order valence-electron chi connectivity index (χ1n) is 6.21. The minimum absolute atomic E-state index is 0.569. The van der Waals surface area contributed by atoms with Crippen molar-refractivity contribution < 1.29 is 0 Å². The Morgan fingerprint density at radius 3 is 2.71 bits per heavy atom. The minimum atomic E-state index is 0.569. The van der Waals surface area contributed by atoms with E-state index in [0.717, 1.165) is 32.0 Å². The maximum Gasteiger partial charge on any atom is 0.244 e. The highest BCUT2D eigenvalue weighted by Crippen LogP contribution is 2.23. The van der Waals surface area contributed by atoms with Gasteiger partial charge in [0.05, 0.1) is 6.20 Å². The molecule has 0 amide bonds. The molecule has 0 bridgehead atoms. The van der Waals surface area contributed by atoms with E-state index < -0.39 is 0 Å². The summed E-state index contributed by atoms with van der Waals surface area (Å²) in [6, 6.07) is 0.569. The molecule has 1 aliphatic carbocycles. The topological polar surface area (TPSA) is 57.2 Å². The van der Waals surface area contributed by atoms with E-state index in [9.17, 15) is 0 Å². The number of hydrogen-bond donors (Lipinski definition) is 1. The third-order valence-electron chi connectivity index (χ3n) is 3.28. The first kappa shape index (κ1) is 10.7. The van der Waals surface area contributed by atoms with Crippen LogP contribution >= 0.6 is 0 Å². The van der Waals surface area contributed by atoms with Crippen LogP contribution in [-0.2, 0) is 0 Å². The van der Waals surface area contributed by atoms with Gasteiger partial charge in [-0.15, -0.1) is 5.10 Å². The standard InChI is InChI=1S/C11H18N6/c1-16-4-6-17(7-5-16)10-8-12-15-11(14-10)13-9-2-3-9/h8-9H,2-7H2,1H3,(H,13,14,15). The molecule has 3 rings (SSSR count). The van der Waals surface area contributed by atoms with Crippen molar-refractivity contribution in [1.29, 1.82) is 0 Å². The maximum atomic E-state index is 4.52. The van der Waals surface area contributed by atoms with Gasteiger partial charge in [0.1, 0.15) is 0 Å². The summed E-state index contributed by atoms with van der Waals surface area (Å²) >= 11 is 0. The van der Waals surface area contributed by atoms with E-state index in [1.165, 1.54) is 12.8 Å². The monoisotopic (exact) mass is 234 g/mol. The van der Waals surface area contributed by atoms with Crippen molar-refractivity contribution in [1.82, 2.24) is 20.1 Å². The smallest absolute Gasteiger partial charge is 0.244 e. The number of hydrogen-bond acceptors (Lipinski definition) is 6. The van der Waals surface area contributed by atoms with Gasteiger partial charge in [-0.1, -0.05) is 0 Å². The normalized spacial score (nSPS) is 21.6. The van der Waals surface area contributed by atoms with E-state index in [1.807, 2.05) is 0 Å². The van der Waals surface area contributed by atoms with Gasteiger partial charge in [0.15, 0.2) is 5.82 Å². The van der Waals surface area contributed by atoms with Gasteiger partial charge in [-0.05, 0) is 19.9 Å². The summed E-state index contributed by atoms with van der Waals surface area (Å²) in [5.74, 6) is 1.61. The van der Waals surface area contributed by atoms with E-state index in [-0.39, 0.29) is 0 Å². The first-order chi connectivity index (χ1) is 8.31. The predicted molar refractivity (Wildman–Crippen MR) is 66.2 cm³/mol. The highest BCUT2D eigenvalue weighted by atomic mass is 15.3. The molecule has 6 heteroatoms. The van der Waals surface area contributed by atoms with Crippen LogP contribution in [0.2, 0.25) is 0 Å². The van der Waals surface area contributed by atoms with E-state index >= 15 is 0 Å². The Kier molecular flexibility index (Phi) is 2.80. The van der Waals surface area contributed by atoms with Crippen LogP contribution in [0.5, 0.6) is 0 Å². The molecule has 2 heterocycles. The van der Waals surface area contributed by atoms with Gasteiger partial charge in [0.25, 0.3) is 0 Å². The van der Waals surface area contributed by atoms with Crippen LogP contribution in [0.4, 0.5) is 11.8 Å². The Labute approximate surface area is 101 Å². The molecule has 6 nitrogen and oxygen atoms in total. The van der Waals surface area contributed by atoms with Crippen LogP contribution in [0.1, 0.15) is 12.8 Å². The SMILES string of the molecule is CN1CCN(c2cnnc(NC3CC3)n2)CC1. The third-order valence-corrected chi connectivity index (χ3v) is 3.28. The second kappa shape index (κ2) is 4.44. The van der Waals surface area contributed by atoms with Crippen LogP contribution in [0.25, 0.3) is 0 Å². The van der Waals surface area contributed by atoms with Crippen LogP contribution in [0, 0.1) is 0 Å². The van der Waals surface area contributed by atoms with Crippen LogP contribution in [0.15, 0.2) is 6.20 Å². The van der Waals surface area contributed by atoms with Crippen LogP contribution in [-0.4, -0.2) is 59.3 Å². The van der Waals surface area contributed by atoms with Crippen molar-refractivity contribution in [3.8, 4) is 0 Å². The average molecular weight is 234 g/mol. The lowest BCUT2D eigenvalue weighted by Gasteiger charge is -2.32. The van der Waals surface area contributed by atoms with Gasteiger partial charge in [0.2, 0.25) is 5.95 Å². The zero-order chi connectivity index (χ0) is 11.7. The molecule has 0 unspecified atom stereocenters. The summed E-state index contributed by atoms with van der Waals surface area (Å²) in [7, 11) is 2.15. The van der Waals surface area contributed by atoms with Crippen molar-refractivity contribution in [3.05, 3.63) is 6.20 Å². The Bertz CT molecular complexity index is 383. The van der Waals surface area contributed by atoms with Gasteiger partial charge in [-0.3, -0.25) is 0 Å². The van der Waals surface area contributed by atoms with Crippen molar-refractivity contribution in [2.24, 2.45) is 0 Å². The molecule has 0 aromatic carbocycles. The molecule has 2 fully saturated rings. The molecule has 0 radical (unpaired) electrons. The molecule has 1 aromatic heterocycles. The summed E-state index contributed by atoms with van der Waals surface area (Å²) < 4.78 is 0. The van der Waals surface area contributed by atoms with Crippen LogP contribution in [0.3, 0.4) is 0 Å². The summed E-state index contributed by atoms with van der Waals surface area (Å²) in [5, 5.41) is 11.3. The van der Waals surface area contributed by atoms with Gasteiger partial charge < -0.3 is 15.1 Å². The fourth-order valence-electron chi connectivity index (χ4n) is 1.95. The van der Waals surface area contributed by atoms with Crippen molar-refractivity contribution >= 4 is 11.8 Å². The first-order valence-corrected chi connectivity index (χ1v) is 6.21. The minimum Gasteiger partial charge on any atom is -0.353 e. The van der Waals surface area contributed by atoms with Crippen molar-refractivity contribution in [3.63, 3.8) is 0 Å². The Hall–Kier alpha value is -1.43. The van der Waals surface area contributed by atoms with E-state index in [0.29, 0.717) is 12.0 Å². The number of rotatable bonds is 3. The fraction of sp³-hybridized carbons (Fsp3) is 0.727. The molecule has 17 heavy (non-hydrogen) atoms. The Morgan fingerprint density at radius 2 is 2.00 bits per heavy atom. The number of nitrogens with one attached hydrogen (secondary N) is 1. The second-order valence-electron chi connectivity index (χ2n) is 4.85. The van der Waals surface area contributed by atoms with E-state index in [1.54, 1.807) is 6.20 Å². The lowest BCUT2D eigenvalue weighted by atomic mass is 10.3. The van der Waals surface area contributed by atoms with Gasteiger partial charge >= 0.3 is 0 Å². The molecule has 2 aliphatic rings. The molecule has 0 spiro atoms. The van der Waals surface area contributed by atoms with Crippen molar-refractivity contribution in [2.75, 3.05) is 43.4 Å². The summed E-state index contributed by atoms with van der Waals surface area (Å²) in [6.45, 7) is 4.18. The molecular weight excluding hydrogens is 216 g/mol. The van der Waals surface area contributed by atoms with Crippen molar-refractivity contribution in [2.45, 2.75) is 18.9 Å². The van der Waals surface area contributed by atoms with Gasteiger partial charge in [0, 0.05) is 32.2 Å². The highest BCUT2D eigenvalue weighted by molar-refractivity contribution is 5.41. The quantitative estimate of drug-likeness (QED) is 0.806. The Morgan fingerprint density at radius 1 is 1.24 bits per heavy atom. The molecule has 1 aliphatic heterocycles. The lowest BCUT2D eigenvalue weighted by Crippen LogP contribution is -2.44. The number of piperazine rings is 1. The molecule has 0 atom stereocenters. The van der Waals surface area contributed by atoms with Gasteiger partial charge in [-0.25, -0.2) is 0 Å². The zero-order valence-electron chi connectivity index (χ0n) is 10.1. The number of aromatic nitrogens is 3. The van der Waals surface area contributed by atoms with Crippen LogP contribution < -0.4 is 10.2 Å². The molecular formula is C11H18N6. The number of likely N-dealkylation sites (N-methyl/N-ethyl adjacent to an activating group) is 1. The highest BCUT2D eigenvalue weighted by Gasteiger charge is 2.23. The molecule has 1 saturated carbocycles. The second-order valence-corrected chi connectivity index (χ2v) is 4.85. The van der Waals surface area contributed by atoms with E-state index in [4.69, 9.17) is 0 Å². The van der Waals surface area contributed by atoms with Gasteiger partial charge in [-0.2, -0.15) is 10.1 Å². The number of anilines is 2. The molecule has 1 saturated heterocycles. The average Bonchev–Trinajstić information content (AvgIpc) is 3.14. The largest absolute Gasteiger partial charge is 0.353 e. The summed E-state index contributed by atoms with van der Waals surface area (Å²) in [6.07, 6.45) is 4.20. The van der Waals surface area contributed by atoms with E-state index in [2.05, 4.69) is 37.3 Å². The summed E-state index contributed by atoms with van der Waals surface area (Å²) in [4.78, 5) is 9.12. The predicted octanol–water partition coefficient (Wildman–Crippen LogP) is 0.198. The number of nitrogens with zero attached hydrogens (tertiary/aromatic N) is 5. The third kappa shape index (κ3) is 2.63. The maximum absolute atomic E-state index is 4.52. The molecule has 92 valence electrons. The lowest BCUT2D eigenvalue weighted by molar-refractivity contribution is 0.312. The Balaban J connectivity index is 1.68. The summed E-state index contributed by atoms with van der Waals surface area (Å²) in [5.41, 5.74) is 0.